The average Bonchev–Trinajstić information content (AvgIpc) is 2.11. The molecule has 0 aliphatic heterocycles. The first-order chi connectivity index (χ1) is 6.50. The SMILES string of the molecule is CC(N)C(=O)Nc1cnc(Cl)c(Br)c1. The fraction of sp³-hybridized carbons (Fsp3) is 0.250. The van der Waals surface area contributed by atoms with Crippen molar-refractivity contribution in [3.63, 3.8) is 0 Å². The summed E-state index contributed by atoms with van der Waals surface area (Å²) < 4.78 is 0.627. The van der Waals surface area contributed by atoms with Gasteiger partial charge in [-0.3, -0.25) is 4.79 Å². The summed E-state index contributed by atoms with van der Waals surface area (Å²) in [7, 11) is 0. The molecular formula is C8H9BrClN3O. The molecule has 1 amide bonds. The number of nitrogens with one attached hydrogen (secondary N) is 1. The van der Waals surface area contributed by atoms with Crippen LogP contribution in [-0.2, 0) is 4.79 Å². The summed E-state index contributed by atoms with van der Waals surface area (Å²) in [6.07, 6.45) is 1.47. The lowest BCUT2D eigenvalue weighted by Crippen LogP contribution is -2.32. The number of carbonyl (C=O) groups excluding carboxylic acids is 1. The summed E-state index contributed by atoms with van der Waals surface area (Å²) in [4.78, 5) is 15.1. The number of nitrogens with two attached hydrogens (primary N) is 1. The van der Waals surface area contributed by atoms with Crippen molar-refractivity contribution < 1.29 is 4.79 Å². The molecular weight excluding hydrogens is 269 g/mol. The zero-order valence-corrected chi connectivity index (χ0v) is 9.76. The highest BCUT2D eigenvalue weighted by molar-refractivity contribution is 9.10. The fourth-order valence-electron chi connectivity index (χ4n) is 0.746. The van der Waals surface area contributed by atoms with E-state index in [9.17, 15) is 4.79 Å². The third kappa shape index (κ3) is 2.94. The van der Waals surface area contributed by atoms with Crippen LogP contribution in [0.4, 0.5) is 5.69 Å². The number of rotatable bonds is 2. The molecule has 0 radical (unpaired) electrons. The van der Waals surface area contributed by atoms with E-state index < -0.39 is 6.04 Å². The van der Waals surface area contributed by atoms with Crippen LogP contribution >= 0.6 is 27.5 Å². The van der Waals surface area contributed by atoms with Crippen LogP contribution in [0, 0.1) is 0 Å². The second-order valence-electron chi connectivity index (χ2n) is 2.77. The maximum atomic E-state index is 11.2. The molecule has 1 aromatic rings. The minimum atomic E-state index is -0.551. The number of amides is 1. The third-order valence-electron chi connectivity index (χ3n) is 1.48. The highest BCUT2D eigenvalue weighted by atomic mass is 79.9. The summed E-state index contributed by atoms with van der Waals surface area (Å²) in [6, 6.07) is 1.11. The normalized spacial score (nSPS) is 12.3. The van der Waals surface area contributed by atoms with Crippen molar-refractivity contribution in [1.82, 2.24) is 4.98 Å². The highest BCUT2D eigenvalue weighted by Gasteiger charge is 2.08. The molecule has 0 saturated carbocycles. The van der Waals surface area contributed by atoms with E-state index in [0.717, 1.165) is 0 Å². The average molecular weight is 279 g/mol. The van der Waals surface area contributed by atoms with E-state index in [0.29, 0.717) is 15.3 Å². The summed E-state index contributed by atoms with van der Waals surface area (Å²) >= 11 is 8.88. The zero-order chi connectivity index (χ0) is 10.7. The lowest BCUT2D eigenvalue weighted by atomic mass is 10.3. The van der Waals surface area contributed by atoms with E-state index in [1.165, 1.54) is 6.20 Å². The second-order valence-corrected chi connectivity index (χ2v) is 3.99. The Balaban J connectivity index is 2.78. The molecule has 0 fully saturated rings. The van der Waals surface area contributed by atoms with Crippen LogP contribution in [0.3, 0.4) is 0 Å². The quantitative estimate of drug-likeness (QED) is 0.810. The van der Waals surface area contributed by atoms with Crippen LogP contribution in [0.15, 0.2) is 16.7 Å². The van der Waals surface area contributed by atoms with Crippen molar-refractivity contribution >= 4 is 39.1 Å². The van der Waals surface area contributed by atoms with Gasteiger partial charge < -0.3 is 11.1 Å². The lowest BCUT2D eigenvalue weighted by Gasteiger charge is -2.07. The molecule has 0 spiro atoms. The number of carbonyl (C=O) groups is 1. The van der Waals surface area contributed by atoms with Crippen LogP contribution in [0.1, 0.15) is 6.92 Å². The Bertz CT molecular complexity index is 356. The van der Waals surface area contributed by atoms with Gasteiger partial charge in [-0.1, -0.05) is 11.6 Å². The van der Waals surface area contributed by atoms with Crippen LogP contribution < -0.4 is 11.1 Å². The van der Waals surface area contributed by atoms with E-state index in [2.05, 4.69) is 26.2 Å². The van der Waals surface area contributed by atoms with Gasteiger partial charge in [0.1, 0.15) is 5.15 Å². The van der Waals surface area contributed by atoms with Crippen LogP contribution in [0.5, 0.6) is 0 Å². The summed E-state index contributed by atoms with van der Waals surface area (Å²) in [5.74, 6) is -0.263. The Morgan fingerprint density at radius 1 is 1.79 bits per heavy atom. The van der Waals surface area contributed by atoms with Gasteiger partial charge in [0.15, 0.2) is 0 Å². The molecule has 0 bridgehead atoms. The first kappa shape index (κ1) is 11.4. The van der Waals surface area contributed by atoms with Crippen LogP contribution in [-0.4, -0.2) is 16.9 Å². The molecule has 0 aromatic carbocycles. The predicted molar refractivity (Wildman–Crippen MR) is 59.2 cm³/mol. The molecule has 76 valence electrons. The lowest BCUT2D eigenvalue weighted by molar-refractivity contribution is -0.117. The van der Waals surface area contributed by atoms with Crippen LogP contribution in [0.2, 0.25) is 5.15 Å². The topological polar surface area (TPSA) is 68.0 Å². The molecule has 1 rings (SSSR count). The smallest absolute Gasteiger partial charge is 0.241 e. The predicted octanol–water partition coefficient (Wildman–Crippen LogP) is 1.78. The molecule has 0 aliphatic rings. The van der Waals surface area contributed by atoms with E-state index in [-0.39, 0.29) is 5.91 Å². The van der Waals surface area contributed by atoms with Gasteiger partial charge >= 0.3 is 0 Å². The number of nitrogens with zero attached hydrogens (tertiary/aromatic N) is 1. The number of halogens is 2. The minimum Gasteiger partial charge on any atom is -0.323 e. The molecule has 0 saturated heterocycles. The summed E-state index contributed by atoms with van der Waals surface area (Å²) in [6.45, 7) is 1.60. The molecule has 1 atom stereocenters. The molecule has 6 heteroatoms. The molecule has 1 aromatic heterocycles. The van der Waals surface area contributed by atoms with E-state index in [1.54, 1.807) is 13.0 Å². The Kier molecular flexibility index (Phi) is 3.86. The Hall–Kier alpha value is -0.650. The van der Waals surface area contributed by atoms with E-state index in [1.807, 2.05) is 0 Å². The Labute approximate surface area is 95.0 Å². The van der Waals surface area contributed by atoms with Crippen molar-refractivity contribution in [2.24, 2.45) is 5.73 Å². The molecule has 4 nitrogen and oxygen atoms in total. The van der Waals surface area contributed by atoms with Crippen molar-refractivity contribution in [1.29, 1.82) is 0 Å². The molecule has 1 heterocycles. The number of anilines is 1. The minimum absolute atomic E-state index is 0.263. The van der Waals surface area contributed by atoms with Gasteiger partial charge in [0, 0.05) is 0 Å². The maximum absolute atomic E-state index is 11.2. The van der Waals surface area contributed by atoms with Gasteiger partial charge in [-0.25, -0.2) is 4.98 Å². The standard InChI is InChI=1S/C8H9BrClN3O/c1-4(11)8(14)13-5-2-6(9)7(10)12-3-5/h2-4H,11H2,1H3,(H,13,14). The first-order valence-corrected chi connectivity index (χ1v) is 5.05. The molecule has 14 heavy (non-hydrogen) atoms. The van der Waals surface area contributed by atoms with Gasteiger partial charge in [0.2, 0.25) is 5.91 Å². The van der Waals surface area contributed by atoms with Gasteiger partial charge in [-0.15, -0.1) is 0 Å². The largest absolute Gasteiger partial charge is 0.323 e. The number of pyridine rings is 1. The first-order valence-electron chi connectivity index (χ1n) is 3.88. The van der Waals surface area contributed by atoms with Gasteiger partial charge in [0.25, 0.3) is 0 Å². The van der Waals surface area contributed by atoms with Crippen molar-refractivity contribution in [3.05, 3.63) is 21.9 Å². The van der Waals surface area contributed by atoms with E-state index >= 15 is 0 Å². The third-order valence-corrected chi connectivity index (χ3v) is 2.61. The summed E-state index contributed by atoms with van der Waals surface area (Å²) in [5.41, 5.74) is 5.94. The highest BCUT2D eigenvalue weighted by Crippen LogP contribution is 2.22. The van der Waals surface area contributed by atoms with Crippen molar-refractivity contribution in [2.75, 3.05) is 5.32 Å². The Morgan fingerprint density at radius 3 is 2.93 bits per heavy atom. The fourth-order valence-corrected chi connectivity index (χ4v) is 1.20. The summed E-state index contributed by atoms with van der Waals surface area (Å²) in [5, 5.41) is 2.95. The van der Waals surface area contributed by atoms with Crippen LogP contribution in [0.25, 0.3) is 0 Å². The van der Waals surface area contributed by atoms with Crippen molar-refractivity contribution in [2.45, 2.75) is 13.0 Å². The zero-order valence-electron chi connectivity index (χ0n) is 7.42. The monoisotopic (exact) mass is 277 g/mol. The molecule has 1 unspecified atom stereocenters. The Morgan fingerprint density at radius 2 is 2.43 bits per heavy atom. The maximum Gasteiger partial charge on any atom is 0.241 e. The molecule has 3 N–H and O–H groups in total. The van der Waals surface area contributed by atoms with E-state index in [4.69, 9.17) is 17.3 Å². The number of hydrogen-bond acceptors (Lipinski definition) is 3. The number of hydrogen-bond donors (Lipinski definition) is 2. The van der Waals surface area contributed by atoms with Gasteiger partial charge in [-0.05, 0) is 28.9 Å². The van der Waals surface area contributed by atoms with Gasteiger partial charge in [-0.2, -0.15) is 0 Å². The van der Waals surface area contributed by atoms with Crippen molar-refractivity contribution in [3.8, 4) is 0 Å². The van der Waals surface area contributed by atoms with Gasteiger partial charge in [0.05, 0.1) is 22.4 Å². The number of aromatic nitrogens is 1. The second kappa shape index (κ2) is 4.72. The molecule has 0 aliphatic carbocycles.